The lowest BCUT2D eigenvalue weighted by molar-refractivity contribution is -0.138. The summed E-state index contributed by atoms with van der Waals surface area (Å²) in [4.78, 5) is 11.3. The number of halogens is 3. The van der Waals surface area contributed by atoms with Crippen molar-refractivity contribution in [1.29, 1.82) is 0 Å². The fraction of sp³-hybridized carbons (Fsp3) is 0.364. The molecule has 1 fully saturated rings. The number of pyridine rings is 2. The molecular weight excluding hydrogens is 405 g/mol. The number of hydrogen-bond donors (Lipinski definition) is 3. The Morgan fingerprint density at radius 3 is 2.55 bits per heavy atom. The molecular formula is C22H25F3N6. The predicted octanol–water partition coefficient (Wildman–Crippen LogP) is 3.74. The highest BCUT2D eigenvalue weighted by Crippen LogP contribution is 2.35. The van der Waals surface area contributed by atoms with E-state index in [9.17, 15) is 13.2 Å². The number of nitrogens with zero attached hydrogens (tertiary/aromatic N) is 3. The predicted molar refractivity (Wildman–Crippen MR) is 116 cm³/mol. The summed E-state index contributed by atoms with van der Waals surface area (Å²) in [5, 5.41) is 8.19. The summed E-state index contributed by atoms with van der Waals surface area (Å²) in [5.41, 5.74) is 7.06. The first kappa shape index (κ1) is 21.3. The van der Waals surface area contributed by atoms with Gasteiger partial charge in [-0.15, -0.1) is 0 Å². The third-order valence-corrected chi connectivity index (χ3v) is 5.71. The molecule has 1 aromatic carbocycles. The first-order chi connectivity index (χ1) is 14.8. The third kappa shape index (κ3) is 4.28. The van der Waals surface area contributed by atoms with Crippen LogP contribution < -0.4 is 21.3 Å². The summed E-state index contributed by atoms with van der Waals surface area (Å²) >= 11 is 0. The minimum atomic E-state index is -4.43. The molecule has 0 aliphatic carbocycles. The van der Waals surface area contributed by atoms with Gasteiger partial charge in [0.1, 0.15) is 17.8 Å². The Hall–Kier alpha value is -2.91. The van der Waals surface area contributed by atoms with Crippen LogP contribution in [0.1, 0.15) is 28.4 Å². The molecule has 164 valence electrons. The number of anilines is 2. The van der Waals surface area contributed by atoms with Crippen LogP contribution in [-0.2, 0) is 6.18 Å². The maximum Gasteiger partial charge on any atom is 0.416 e. The summed E-state index contributed by atoms with van der Waals surface area (Å²) in [6, 6.07) is 6.01. The zero-order chi connectivity index (χ0) is 22.2. The number of hydrogen-bond acceptors (Lipinski definition) is 6. The third-order valence-electron chi connectivity index (χ3n) is 5.71. The smallest absolute Gasteiger partial charge is 0.354 e. The molecule has 0 amide bonds. The number of nitrogens with one attached hydrogen (secondary N) is 2. The van der Waals surface area contributed by atoms with E-state index < -0.39 is 17.9 Å². The van der Waals surface area contributed by atoms with E-state index in [1.165, 1.54) is 13.0 Å². The molecule has 9 heteroatoms. The molecule has 1 saturated heterocycles. The van der Waals surface area contributed by atoms with Gasteiger partial charge in [0.25, 0.3) is 0 Å². The van der Waals surface area contributed by atoms with E-state index in [2.05, 4.69) is 25.5 Å². The molecule has 0 unspecified atom stereocenters. The van der Waals surface area contributed by atoms with Crippen molar-refractivity contribution in [3.05, 3.63) is 58.9 Å². The van der Waals surface area contributed by atoms with Crippen molar-refractivity contribution in [2.75, 3.05) is 36.4 Å². The fourth-order valence-corrected chi connectivity index (χ4v) is 3.96. The van der Waals surface area contributed by atoms with Crippen LogP contribution in [0.15, 0.2) is 36.7 Å². The standard InChI is InChI=1S/C22H25F3N6/c1-13-11-29-21(16-10-19(28-12-17(13)16)31-8-6-27-7-9-31)30-20(26)15-4-3-5-18(14(15)2)22(23,24)25/h3-5,10-12,20,27H,6-9,26H2,1-2H3,(H,29,30)/t20-/m0/s1. The minimum Gasteiger partial charge on any atom is -0.354 e. The van der Waals surface area contributed by atoms with Crippen molar-refractivity contribution in [2.24, 2.45) is 5.73 Å². The van der Waals surface area contributed by atoms with Crippen molar-refractivity contribution in [1.82, 2.24) is 15.3 Å². The van der Waals surface area contributed by atoms with Crippen LogP contribution in [0.4, 0.5) is 24.8 Å². The van der Waals surface area contributed by atoms with Crippen molar-refractivity contribution < 1.29 is 13.2 Å². The highest BCUT2D eigenvalue weighted by Gasteiger charge is 2.33. The van der Waals surface area contributed by atoms with Crippen molar-refractivity contribution in [3.8, 4) is 0 Å². The molecule has 3 aromatic rings. The minimum absolute atomic E-state index is 0.106. The molecule has 0 bridgehead atoms. The molecule has 0 saturated carbocycles. The van der Waals surface area contributed by atoms with E-state index in [1.807, 2.05) is 19.2 Å². The first-order valence-corrected chi connectivity index (χ1v) is 10.2. The van der Waals surface area contributed by atoms with Gasteiger partial charge in [0.05, 0.1) is 5.56 Å². The lowest BCUT2D eigenvalue weighted by Gasteiger charge is -2.28. The number of nitrogens with two attached hydrogens (primary N) is 1. The van der Waals surface area contributed by atoms with Crippen LogP contribution in [0.3, 0.4) is 0 Å². The molecule has 2 aromatic heterocycles. The second-order valence-electron chi connectivity index (χ2n) is 7.75. The number of alkyl halides is 3. The highest BCUT2D eigenvalue weighted by atomic mass is 19.4. The molecule has 6 nitrogen and oxygen atoms in total. The molecule has 1 aliphatic rings. The Morgan fingerprint density at radius 2 is 1.84 bits per heavy atom. The Morgan fingerprint density at radius 1 is 1.10 bits per heavy atom. The van der Waals surface area contributed by atoms with Crippen LogP contribution in [0, 0.1) is 13.8 Å². The first-order valence-electron chi connectivity index (χ1n) is 10.2. The van der Waals surface area contributed by atoms with Gasteiger partial charge in [-0.2, -0.15) is 13.2 Å². The molecule has 0 radical (unpaired) electrons. The Labute approximate surface area is 178 Å². The van der Waals surface area contributed by atoms with Gasteiger partial charge in [-0.3, -0.25) is 0 Å². The number of aryl methyl sites for hydroxylation is 1. The van der Waals surface area contributed by atoms with Crippen molar-refractivity contribution in [3.63, 3.8) is 0 Å². The second kappa shape index (κ2) is 8.32. The average Bonchev–Trinajstić information content (AvgIpc) is 2.75. The Balaban J connectivity index is 1.70. The Kier molecular flexibility index (Phi) is 5.72. The van der Waals surface area contributed by atoms with Gasteiger partial charge in [-0.1, -0.05) is 12.1 Å². The van der Waals surface area contributed by atoms with Crippen molar-refractivity contribution >= 4 is 22.4 Å². The van der Waals surface area contributed by atoms with Gasteiger partial charge in [-0.05, 0) is 42.7 Å². The quantitative estimate of drug-likeness (QED) is 0.548. The molecule has 31 heavy (non-hydrogen) atoms. The topological polar surface area (TPSA) is 79.1 Å². The number of aromatic nitrogens is 2. The van der Waals surface area contributed by atoms with Crippen LogP contribution >= 0.6 is 0 Å². The van der Waals surface area contributed by atoms with Gasteiger partial charge in [0.15, 0.2) is 0 Å². The fourth-order valence-electron chi connectivity index (χ4n) is 3.96. The zero-order valence-electron chi connectivity index (χ0n) is 17.4. The maximum atomic E-state index is 13.3. The number of rotatable bonds is 4. The van der Waals surface area contributed by atoms with Crippen molar-refractivity contribution in [2.45, 2.75) is 26.2 Å². The zero-order valence-corrected chi connectivity index (χ0v) is 17.4. The molecule has 3 heterocycles. The average molecular weight is 430 g/mol. The molecule has 1 atom stereocenters. The molecule has 4 N–H and O–H groups in total. The van der Waals surface area contributed by atoms with Crippen LogP contribution in [0.2, 0.25) is 0 Å². The van der Waals surface area contributed by atoms with E-state index in [0.29, 0.717) is 11.4 Å². The normalized spacial score (nSPS) is 15.9. The number of piperazine rings is 1. The van der Waals surface area contributed by atoms with Gasteiger partial charge >= 0.3 is 6.18 Å². The Bertz CT molecular complexity index is 1090. The number of benzene rings is 1. The summed E-state index contributed by atoms with van der Waals surface area (Å²) in [7, 11) is 0. The second-order valence-corrected chi connectivity index (χ2v) is 7.75. The summed E-state index contributed by atoms with van der Waals surface area (Å²) in [5.74, 6) is 1.36. The van der Waals surface area contributed by atoms with E-state index >= 15 is 0 Å². The lowest BCUT2D eigenvalue weighted by atomic mass is 10.00. The van der Waals surface area contributed by atoms with Crippen LogP contribution in [-0.4, -0.2) is 36.1 Å². The summed E-state index contributed by atoms with van der Waals surface area (Å²) in [6.45, 7) is 6.86. The van der Waals surface area contributed by atoms with Crippen LogP contribution in [0.25, 0.3) is 10.8 Å². The van der Waals surface area contributed by atoms with E-state index in [1.54, 1.807) is 12.3 Å². The van der Waals surface area contributed by atoms with E-state index in [4.69, 9.17) is 5.73 Å². The van der Waals surface area contributed by atoms with E-state index in [-0.39, 0.29) is 5.56 Å². The monoisotopic (exact) mass is 430 g/mol. The van der Waals surface area contributed by atoms with Gasteiger partial charge in [-0.25, -0.2) is 9.97 Å². The van der Waals surface area contributed by atoms with E-state index in [0.717, 1.165) is 54.4 Å². The lowest BCUT2D eigenvalue weighted by Crippen LogP contribution is -2.43. The highest BCUT2D eigenvalue weighted by molar-refractivity contribution is 5.95. The number of fused-ring (bicyclic) bond motifs is 1. The molecule has 0 spiro atoms. The van der Waals surface area contributed by atoms with Crippen LogP contribution in [0.5, 0.6) is 0 Å². The summed E-state index contributed by atoms with van der Waals surface area (Å²) < 4.78 is 39.9. The summed E-state index contributed by atoms with van der Waals surface area (Å²) in [6.07, 6.45) is -1.76. The largest absolute Gasteiger partial charge is 0.416 e. The molecule has 4 rings (SSSR count). The SMILES string of the molecule is Cc1c([C@@H](N)Nc2ncc(C)c3cnc(N4CCNCC4)cc23)cccc1C(F)(F)F. The van der Waals surface area contributed by atoms with Gasteiger partial charge in [0, 0.05) is 49.3 Å². The van der Waals surface area contributed by atoms with Gasteiger partial charge < -0.3 is 21.3 Å². The van der Waals surface area contributed by atoms with Gasteiger partial charge in [0.2, 0.25) is 0 Å². The maximum absolute atomic E-state index is 13.3. The molecule has 1 aliphatic heterocycles.